The van der Waals surface area contributed by atoms with E-state index in [9.17, 15) is 10.1 Å². The monoisotopic (exact) mass is 247 g/mol. The van der Waals surface area contributed by atoms with Crippen LogP contribution in [0.3, 0.4) is 0 Å². The van der Waals surface area contributed by atoms with Crippen LogP contribution in [0.15, 0.2) is 24.3 Å². The summed E-state index contributed by atoms with van der Waals surface area (Å²) in [6.07, 6.45) is 6.56. The molecule has 98 valence electrons. The van der Waals surface area contributed by atoms with Crippen LogP contribution in [0.4, 0.5) is 5.69 Å². The molecule has 0 spiro atoms. The van der Waals surface area contributed by atoms with Crippen LogP contribution in [0, 0.1) is 16.0 Å². The zero-order chi connectivity index (χ0) is 13.2. The van der Waals surface area contributed by atoms with Crippen LogP contribution in [0.25, 0.3) is 0 Å². The third-order valence-electron chi connectivity index (χ3n) is 4.45. The summed E-state index contributed by atoms with van der Waals surface area (Å²) in [5.41, 5.74) is 1.52. The van der Waals surface area contributed by atoms with E-state index >= 15 is 0 Å². The van der Waals surface area contributed by atoms with Crippen LogP contribution in [-0.4, -0.2) is 4.92 Å². The number of hydrogen-bond donors (Lipinski definition) is 0. The number of hydrogen-bond acceptors (Lipinski definition) is 2. The van der Waals surface area contributed by atoms with Crippen LogP contribution in [0.2, 0.25) is 0 Å². The van der Waals surface area contributed by atoms with Gasteiger partial charge in [-0.15, -0.1) is 0 Å². The number of nitrogens with zero attached hydrogens (tertiary/aromatic N) is 1. The molecule has 0 N–H and O–H groups in total. The maximum Gasteiger partial charge on any atom is 0.269 e. The minimum absolute atomic E-state index is 0.121. The molecule has 0 heterocycles. The number of nitro groups is 1. The first-order valence-electron chi connectivity index (χ1n) is 6.77. The highest BCUT2D eigenvalue weighted by molar-refractivity contribution is 5.36. The first-order chi connectivity index (χ1) is 8.51. The molecule has 18 heavy (non-hydrogen) atoms. The Morgan fingerprint density at radius 1 is 1.11 bits per heavy atom. The molecule has 0 aliphatic heterocycles. The number of benzene rings is 1. The molecule has 2 rings (SSSR count). The molecule has 0 aromatic heterocycles. The fourth-order valence-corrected chi connectivity index (χ4v) is 3.07. The second-order valence-electron chi connectivity index (χ2n) is 5.86. The predicted octanol–water partition coefficient (Wildman–Crippen LogP) is 4.45. The van der Waals surface area contributed by atoms with Gasteiger partial charge in [-0.25, -0.2) is 0 Å². The Morgan fingerprint density at radius 2 is 1.67 bits per heavy atom. The topological polar surface area (TPSA) is 43.1 Å². The molecule has 0 unspecified atom stereocenters. The van der Waals surface area contributed by atoms with Crippen LogP contribution in [0.5, 0.6) is 0 Å². The molecular formula is C15H21NO2. The van der Waals surface area contributed by atoms with Crippen molar-refractivity contribution in [1.82, 2.24) is 0 Å². The van der Waals surface area contributed by atoms with Crippen molar-refractivity contribution in [1.29, 1.82) is 0 Å². The molecule has 1 aliphatic carbocycles. The average molecular weight is 247 g/mol. The molecule has 1 saturated carbocycles. The van der Waals surface area contributed by atoms with Crippen molar-refractivity contribution in [3.05, 3.63) is 39.9 Å². The second-order valence-corrected chi connectivity index (χ2v) is 5.86. The van der Waals surface area contributed by atoms with Gasteiger partial charge in [0, 0.05) is 12.1 Å². The predicted molar refractivity (Wildman–Crippen MR) is 72.7 cm³/mol. The fourth-order valence-electron chi connectivity index (χ4n) is 3.07. The summed E-state index contributed by atoms with van der Waals surface area (Å²) in [5.74, 6) is 0.702. The van der Waals surface area contributed by atoms with Gasteiger partial charge in [0.2, 0.25) is 0 Å². The minimum Gasteiger partial charge on any atom is -0.258 e. The Hall–Kier alpha value is -1.38. The van der Waals surface area contributed by atoms with E-state index in [1.807, 2.05) is 12.1 Å². The molecule has 1 aromatic carbocycles. The normalized spacial score (nSPS) is 17.7. The maximum absolute atomic E-state index is 10.7. The number of non-ortho nitro benzene ring substituents is 1. The molecule has 0 bridgehead atoms. The molecule has 0 saturated heterocycles. The molecule has 1 fully saturated rings. The molecule has 1 aliphatic rings. The molecule has 1 aromatic rings. The lowest BCUT2D eigenvalue weighted by Crippen LogP contribution is -2.30. The smallest absolute Gasteiger partial charge is 0.258 e. The lowest BCUT2D eigenvalue weighted by molar-refractivity contribution is -0.384. The Balaban J connectivity index is 2.20. The first-order valence-corrected chi connectivity index (χ1v) is 6.77. The highest BCUT2D eigenvalue weighted by Gasteiger charge is 2.32. The largest absolute Gasteiger partial charge is 0.269 e. The molecule has 3 nitrogen and oxygen atoms in total. The van der Waals surface area contributed by atoms with Gasteiger partial charge in [-0.3, -0.25) is 10.1 Å². The van der Waals surface area contributed by atoms with Gasteiger partial charge in [-0.05, 0) is 29.7 Å². The lowest BCUT2D eigenvalue weighted by atomic mass is 9.67. The third-order valence-corrected chi connectivity index (χ3v) is 4.45. The quantitative estimate of drug-likeness (QED) is 0.585. The van der Waals surface area contributed by atoms with Crippen LogP contribution < -0.4 is 0 Å². The molecule has 0 radical (unpaired) electrons. The van der Waals surface area contributed by atoms with Gasteiger partial charge < -0.3 is 0 Å². The van der Waals surface area contributed by atoms with E-state index in [1.54, 1.807) is 12.1 Å². The van der Waals surface area contributed by atoms with Crippen molar-refractivity contribution in [2.45, 2.75) is 51.4 Å². The zero-order valence-electron chi connectivity index (χ0n) is 11.2. The molecule has 0 amide bonds. The van der Waals surface area contributed by atoms with Crippen molar-refractivity contribution >= 4 is 5.69 Å². The van der Waals surface area contributed by atoms with Gasteiger partial charge in [0.25, 0.3) is 5.69 Å². The van der Waals surface area contributed by atoms with Gasteiger partial charge >= 0.3 is 0 Å². The van der Waals surface area contributed by atoms with Gasteiger partial charge in [0.15, 0.2) is 0 Å². The number of rotatable bonds is 3. The van der Waals surface area contributed by atoms with E-state index in [-0.39, 0.29) is 16.0 Å². The zero-order valence-corrected chi connectivity index (χ0v) is 11.2. The van der Waals surface area contributed by atoms with Crippen molar-refractivity contribution in [3.63, 3.8) is 0 Å². The molecule has 0 atom stereocenters. The van der Waals surface area contributed by atoms with E-state index in [1.165, 1.54) is 37.7 Å². The molecular weight excluding hydrogens is 226 g/mol. The van der Waals surface area contributed by atoms with E-state index in [0.29, 0.717) is 5.92 Å². The fraction of sp³-hybridized carbons (Fsp3) is 0.600. The van der Waals surface area contributed by atoms with E-state index in [4.69, 9.17) is 0 Å². The summed E-state index contributed by atoms with van der Waals surface area (Å²) in [6, 6.07) is 7.10. The Kier molecular flexibility index (Phi) is 3.69. The van der Waals surface area contributed by atoms with Crippen LogP contribution in [-0.2, 0) is 5.41 Å². The van der Waals surface area contributed by atoms with Gasteiger partial charge in [-0.1, -0.05) is 45.2 Å². The van der Waals surface area contributed by atoms with Crippen LogP contribution >= 0.6 is 0 Å². The summed E-state index contributed by atoms with van der Waals surface area (Å²) >= 11 is 0. The minimum atomic E-state index is -0.336. The number of nitro benzene ring substituents is 1. The summed E-state index contributed by atoms with van der Waals surface area (Å²) < 4.78 is 0. The Morgan fingerprint density at radius 3 is 2.17 bits per heavy atom. The van der Waals surface area contributed by atoms with Crippen molar-refractivity contribution in [2.24, 2.45) is 5.92 Å². The van der Waals surface area contributed by atoms with Gasteiger partial charge in [0.1, 0.15) is 0 Å². The lowest BCUT2D eigenvalue weighted by Gasteiger charge is -2.37. The summed E-state index contributed by atoms with van der Waals surface area (Å²) in [4.78, 5) is 10.3. The van der Waals surface area contributed by atoms with Crippen molar-refractivity contribution < 1.29 is 4.92 Å². The van der Waals surface area contributed by atoms with Crippen molar-refractivity contribution in [2.75, 3.05) is 0 Å². The van der Waals surface area contributed by atoms with Gasteiger partial charge in [-0.2, -0.15) is 0 Å². The highest BCUT2D eigenvalue weighted by Crippen LogP contribution is 2.40. The summed E-state index contributed by atoms with van der Waals surface area (Å²) in [6.45, 7) is 4.54. The maximum atomic E-state index is 10.7. The van der Waals surface area contributed by atoms with Crippen molar-refractivity contribution in [3.8, 4) is 0 Å². The van der Waals surface area contributed by atoms with Gasteiger partial charge in [0.05, 0.1) is 4.92 Å². The summed E-state index contributed by atoms with van der Waals surface area (Å²) in [7, 11) is 0. The Bertz CT molecular complexity index is 417. The third kappa shape index (κ3) is 2.55. The molecule has 3 heteroatoms. The first kappa shape index (κ1) is 13.1. The SMILES string of the molecule is CC(C)(c1ccc([N+](=O)[O-])cc1)C1CCCCC1. The van der Waals surface area contributed by atoms with Crippen LogP contribution in [0.1, 0.15) is 51.5 Å². The van der Waals surface area contributed by atoms with E-state index in [0.717, 1.165) is 0 Å². The Labute approximate surface area is 108 Å². The second kappa shape index (κ2) is 5.09. The average Bonchev–Trinajstić information content (AvgIpc) is 2.40. The standard InChI is InChI=1S/C15H21NO2/c1-15(2,12-6-4-3-5-7-12)13-8-10-14(11-9-13)16(17)18/h8-12H,3-7H2,1-2H3. The highest BCUT2D eigenvalue weighted by atomic mass is 16.6. The summed E-state index contributed by atoms with van der Waals surface area (Å²) in [5, 5.41) is 10.7. The van der Waals surface area contributed by atoms with E-state index in [2.05, 4.69) is 13.8 Å². The van der Waals surface area contributed by atoms with E-state index < -0.39 is 0 Å².